The Bertz CT molecular complexity index is 644. The average Bonchev–Trinajstić information content (AvgIpc) is 2.57. The van der Waals surface area contributed by atoms with Crippen molar-refractivity contribution < 1.29 is 37.0 Å². The van der Waals surface area contributed by atoms with Crippen molar-refractivity contribution >= 4 is 17.9 Å². The van der Waals surface area contributed by atoms with Crippen molar-refractivity contribution in [3.63, 3.8) is 0 Å². The summed E-state index contributed by atoms with van der Waals surface area (Å²) in [7, 11) is 0. The summed E-state index contributed by atoms with van der Waals surface area (Å²) in [4.78, 5) is 34.4. The third-order valence-corrected chi connectivity index (χ3v) is 2.72. The molecule has 3 amide bonds. The zero-order chi connectivity index (χ0) is 19.6. The van der Waals surface area contributed by atoms with Gasteiger partial charge in [0, 0.05) is 6.54 Å². The Labute approximate surface area is 147 Å². The summed E-state index contributed by atoms with van der Waals surface area (Å²) in [6.07, 6.45) is -2.99. The molecule has 1 aromatic carbocycles. The lowest BCUT2D eigenvalue weighted by Crippen LogP contribution is -2.41. The lowest BCUT2D eigenvalue weighted by Gasteiger charge is -2.08. The molecule has 0 radical (unpaired) electrons. The number of ether oxygens (including phenoxy) is 2. The zero-order valence-electron chi connectivity index (χ0n) is 13.6. The molecule has 0 aliphatic carbocycles. The third kappa shape index (κ3) is 8.83. The van der Waals surface area contributed by atoms with Crippen molar-refractivity contribution in [1.82, 2.24) is 10.6 Å². The predicted molar refractivity (Wildman–Crippen MR) is 84.2 cm³/mol. The maximum atomic E-state index is 12.0. The van der Waals surface area contributed by atoms with Crippen LogP contribution in [0.3, 0.4) is 0 Å². The smallest absolute Gasteiger partial charge is 0.411 e. The topological polar surface area (TPSA) is 93.7 Å². The molecular formula is C16H17F3N2O5. The van der Waals surface area contributed by atoms with Crippen molar-refractivity contribution in [2.24, 2.45) is 0 Å². The number of urea groups is 1. The number of hydrogen-bond donors (Lipinski definition) is 2. The summed E-state index contributed by atoms with van der Waals surface area (Å²) in [5.41, 5.74) is 0.524. The van der Waals surface area contributed by atoms with E-state index in [0.717, 1.165) is 0 Å². The van der Waals surface area contributed by atoms with Crippen LogP contribution in [0, 0.1) is 0 Å². The minimum Gasteiger partial charge on any atom is -0.452 e. The molecule has 1 rings (SSSR count). The second-order valence-corrected chi connectivity index (χ2v) is 4.93. The van der Waals surface area contributed by atoms with Crippen LogP contribution in [0.2, 0.25) is 0 Å². The van der Waals surface area contributed by atoms with E-state index in [0.29, 0.717) is 5.56 Å². The van der Waals surface area contributed by atoms with Gasteiger partial charge in [0.05, 0.1) is 12.2 Å². The minimum absolute atomic E-state index is 0.0912. The van der Waals surface area contributed by atoms with E-state index in [4.69, 9.17) is 4.74 Å². The van der Waals surface area contributed by atoms with Crippen LogP contribution >= 0.6 is 0 Å². The maximum Gasteiger partial charge on any atom is 0.411 e. The molecule has 0 saturated heterocycles. The molecule has 0 aromatic heterocycles. The molecule has 0 saturated carbocycles. The summed E-state index contributed by atoms with van der Waals surface area (Å²) >= 11 is 0. The number of rotatable bonds is 8. The molecule has 0 atom stereocenters. The van der Waals surface area contributed by atoms with E-state index in [2.05, 4.69) is 16.6 Å². The lowest BCUT2D eigenvalue weighted by molar-refractivity contribution is -0.176. The van der Waals surface area contributed by atoms with E-state index in [1.807, 2.05) is 5.32 Å². The number of imide groups is 1. The molecule has 2 N–H and O–H groups in total. The second-order valence-electron chi connectivity index (χ2n) is 4.93. The van der Waals surface area contributed by atoms with Gasteiger partial charge >= 0.3 is 18.2 Å². The standard InChI is InChI=1S/C16H17F3N2O5/c1-2-7-20-15(24)21-13(22)9-26-14(23)12-5-3-11(4-6-12)8-25-10-16(17,18)19/h2-6H,1,7-10H2,(H2,20,21,22,24). The van der Waals surface area contributed by atoms with E-state index >= 15 is 0 Å². The van der Waals surface area contributed by atoms with Crippen LogP contribution in [0.25, 0.3) is 0 Å². The quantitative estimate of drug-likeness (QED) is 0.536. The minimum atomic E-state index is -4.41. The average molecular weight is 374 g/mol. The van der Waals surface area contributed by atoms with Crippen LogP contribution in [-0.2, 0) is 20.9 Å². The molecule has 1 aromatic rings. The highest BCUT2D eigenvalue weighted by molar-refractivity contribution is 5.97. The highest BCUT2D eigenvalue weighted by Gasteiger charge is 2.27. The van der Waals surface area contributed by atoms with Crippen LogP contribution in [0.15, 0.2) is 36.9 Å². The highest BCUT2D eigenvalue weighted by atomic mass is 19.4. The summed E-state index contributed by atoms with van der Waals surface area (Å²) < 4.78 is 45.1. The third-order valence-electron chi connectivity index (χ3n) is 2.72. The molecule has 0 fully saturated rings. The Balaban J connectivity index is 2.39. The number of amides is 3. The number of benzene rings is 1. The number of halogens is 3. The first-order chi connectivity index (χ1) is 12.2. The second kappa shape index (κ2) is 10.2. The number of carbonyl (C=O) groups excluding carboxylic acids is 3. The van der Waals surface area contributed by atoms with Gasteiger partial charge in [-0.15, -0.1) is 6.58 Å². The SMILES string of the molecule is C=CCNC(=O)NC(=O)COC(=O)c1ccc(COCC(F)(F)F)cc1. The fourth-order valence-electron chi connectivity index (χ4n) is 1.61. The summed E-state index contributed by atoms with van der Waals surface area (Å²) in [6.45, 7) is 1.24. The van der Waals surface area contributed by atoms with Crippen molar-refractivity contribution in [3.8, 4) is 0 Å². The van der Waals surface area contributed by atoms with Crippen molar-refractivity contribution in [3.05, 3.63) is 48.0 Å². The fraction of sp³-hybridized carbons (Fsp3) is 0.312. The molecule has 0 heterocycles. The van der Waals surface area contributed by atoms with Gasteiger partial charge in [0.2, 0.25) is 0 Å². The van der Waals surface area contributed by atoms with Gasteiger partial charge in [-0.3, -0.25) is 10.1 Å². The van der Waals surface area contributed by atoms with Crippen molar-refractivity contribution in [2.75, 3.05) is 19.8 Å². The van der Waals surface area contributed by atoms with Crippen molar-refractivity contribution in [2.45, 2.75) is 12.8 Å². The van der Waals surface area contributed by atoms with Gasteiger partial charge in [-0.1, -0.05) is 18.2 Å². The molecule has 0 aliphatic rings. The molecule has 10 heteroatoms. The number of esters is 1. The van der Waals surface area contributed by atoms with Crippen LogP contribution in [0.4, 0.5) is 18.0 Å². The zero-order valence-corrected chi connectivity index (χ0v) is 13.6. The number of hydrogen-bond acceptors (Lipinski definition) is 5. The van der Waals surface area contributed by atoms with Gasteiger partial charge in [-0.2, -0.15) is 13.2 Å². The molecule has 0 aliphatic heterocycles. The van der Waals surface area contributed by atoms with Crippen LogP contribution in [-0.4, -0.2) is 43.8 Å². The van der Waals surface area contributed by atoms with E-state index in [9.17, 15) is 27.6 Å². The molecular weight excluding hydrogens is 357 g/mol. The first-order valence-electron chi connectivity index (χ1n) is 7.30. The van der Waals surface area contributed by atoms with Gasteiger partial charge in [0.25, 0.3) is 5.91 Å². The van der Waals surface area contributed by atoms with Crippen LogP contribution in [0.1, 0.15) is 15.9 Å². The van der Waals surface area contributed by atoms with E-state index in [1.54, 1.807) is 0 Å². The lowest BCUT2D eigenvalue weighted by atomic mass is 10.1. The Morgan fingerprint density at radius 1 is 1.15 bits per heavy atom. The molecule has 0 spiro atoms. The van der Waals surface area contributed by atoms with Gasteiger partial charge in [-0.05, 0) is 17.7 Å². The predicted octanol–water partition coefficient (Wildman–Crippen LogP) is 1.93. The molecule has 0 bridgehead atoms. The van der Waals surface area contributed by atoms with Crippen molar-refractivity contribution in [1.29, 1.82) is 0 Å². The summed E-state index contributed by atoms with van der Waals surface area (Å²) in [5, 5.41) is 4.25. The number of carbonyl (C=O) groups is 3. The van der Waals surface area contributed by atoms with Gasteiger partial charge < -0.3 is 14.8 Å². The van der Waals surface area contributed by atoms with Crippen LogP contribution < -0.4 is 10.6 Å². The molecule has 0 unspecified atom stereocenters. The monoisotopic (exact) mass is 374 g/mol. The Kier molecular flexibility index (Phi) is 8.29. The summed E-state index contributed by atoms with van der Waals surface area (Å²) in [5.74, 6) is -1.65. The van der Waals surface area contributed by atoms with Gasteiger partial charge in [0.15, 0.2) is 6.61 Å². The first kappa shape index (κ1) is 21.2. The number of alkyl halides is 3. The molecule has 142 valence electrons. The van der Waals surface area contributed by atoms with E-state index in [1.165, 1.54) is 30.3 Å². The maximum absolute atomic E-state index is 12.0. The van der Waals surface area contributed by atoms with E-state index < -0.39 is 37.3 Å². The highest BCUT2D eigenvalue weighted by Crippen LogP contribution is 2.16. The largest absolute Gasteiger partial charge is 0.452 e. The fourth-order valence-corrected chi connectivity index (χ4v) is 1.61. The summed E-state index contributed by atoms with van der Waals surface area (Å²) in [6, 6.07) is 4.69. The Morgan fingerprint density at radius 3 is 2.38 bits per heavy atom. The first-order valence-corrected chi connectivity index (χ1v) is 7.30. The van der Waals surface area contributed by atoms with Gasteiger partial charge in [0.1, 0.15) is 6.61 Å². The van der Waals surface area contributed by atoms with Crippen LogP contribution in [0.5, 0.6) is 0 Å². The van der Waals surface area contributed by atoms with E-state index in [-0.39, 0.29) is 18.7 Å². The Morgan fingerprint density at radius 2 is 1.81 bits per heavy atom. The molecule has 7 nitrogen and oxygen atoms in total. The normalized spacial score (nSPS) is 10.7. The Hall–Kier alpha value is -2.88. The van der Waals surface area contributed by atoms with Gasteiger partial charge in [-0.25, -0.2) is 9.59 Å². The molecule has 26 heavy (non-hydrogen) atoms. The number of nitrogens with one attached hydrogen (secondary N) is 2.